The van der Waals surface area contributed by atoms with E-state index < -0.39 is 0 Å². The summed E-state index contributed by atoms with van der Waals surface area (Å²) in [6.45, 7) is 1.98. The van der Waals surface area contributed by atoms with Crippen molar-refractivity contribution < 1.29 is 0 Å². The van der Waals surface area contributed by atoms with Crippen LogP contribution in [0.5, 0.6) is 0 Å². The minimum Gasteiger partial charge on any atom is -0.382 e. The van der Waals surface area contributed by atoms with Crippen LogP contribution >= 0.6 is 0 Å². The first-order valence-corrected chi connectivity index (χ1v) is 6.19. The Morgan fingerprint density at radius 2 is 2.33 bits per heavy atom. The molecule has 18 heavy (non-hydrogen) atoms. The summed E-state index contributed by atoms with van der Waals surface area (Å²) in [6, 6.07) is 4.88. The molecule has 2 aliphatic heterocycles. The van der Waals surface area contributed by atoms with E-state index in [1.165, 1.54) is 6.42 Å². The van der Waals surface area contributed by atoms with Crippen LogP contribution in [0, 0.1) is 0 Å². The van der Waals surface area contributed by atoms with Crippen molar-refractivity contribution in [2.45, 2.75) is 18.5 Å². The Hall–Kier alpha value is -1.95. The van der Waals surface area contributed by atoms with Crippen LogP contribution in [0.3, 0.4) is 0 Å². The Morgan fingerprint density at radius 1 is 1.39 bits per heavy atom. The summed E-state index contributed by atoms with van der Waals surface area (Å²) in [5.74, 6) is 1.20. The van der Waals surface area contributed by atoms with Crippen molar-refractivity contribution in [3.63, 3.8) is 0 Å². The number of fused-ring (bicyclic) bond motifs is 3. The average molecular weight is 242 g/mol. The predicted octanol–water partition coefficient (Wildman–Crippen LogP) is 0.157. The summed E-state index contributed by atoms with van der Waals surface area (Å²) in [6.07, 6.45) is 2.89. The van der Waals surface area contributed by atoms with Crippen molar-refractivity contribution >= 4 is 22.8 Å². The number of nitrogens with two attached hydrogens (primary N) is 1. The lowest BCUT2D eigenvalue weighted by atomic mass is 10.2. The Labute approximate surface area is 104 Å². The second-order valence-corrected chi connectivity index (χ2v) is 4.93. The van der Waals surface area contributed by atoms with Crippen molar-refractivity contribution in [2.24, 2.45) is 0 Å². The zero-order valence-electron chi connectivity index (χ0n) is 9.87. The molecule has 2 aromatic rings. The highest BCUT2D eigenvalue weighted by Gasteiger charge is 2.39. The molecule has 6 heteroatoms. The largest absolute Gasteiger partial charge is 0.382 e. The van der Waals surface area contributed by atoms with Crippen LogP contribution in [0.1, 0.15) is 6.42 Å². The van der Waals surface area contributed by atoms with Gasteiger partial charge in [0.2, 0.25) is 5.95 Å². The maximum atomic E-state index is 5.97. The molecule has 0 spiro atoms. The molecular formula is C12H14N6. The number of rotatable bonds is 1. The molecule has 0 amide bonds. The van der Waals surface area contributed by atoms with Crippen molar-refractivity contribution in [3.05, 3.63) is 18.3 Å². The molecule has 92 valence electrons. The summed E-state index contributed by atoms with van der Waals surface area (Å²) < 4.78 is 0. The van der Waals surface area contributed by atoms with Gasteiger partial charge in [-0.25, -0.2) is 4.98 Å². The molecule has 6 nitrogen and oxygen atoms in total. The standard InChI is InChI=1S/C12H14N6/c13-11-10-9(2-1-3-14-10)16-12(17-11)18-6-7-4-8(18)5-15-7/h1-3,7-8,15H,4-6H2,(H2,13,16,17). The number of nitrogens with one attached hydrogen (secondary N) is 1. The smallest absolute Gasteiger partial charge is 0.228 e. The molecule has 0 saturated carbocycles. The molecular weight excluding hydrogens is 228 g/mol. The van der Waals surface area contributed by atoms with Gasteiger partial charge in [-0.3, -0.25) is 4.98 Å². The van der Waals surface area contributed by atoms with Gasteiger partial charge >= 0.3 is 0 Å². The van der Waals surface area contributed by atoms with Gasteiger partial charge < -0.3 is 16.0 Å². The highest BCUT2D eigenvalue weighted by atomic mass is 15.3. The minimum atomic E-state index is 0.464. The van der Waals surface area contributed by atoms with Crippen LogP contribution < -0.4 is 16.0 Å². The van der Waals surface area contributed by atoms with E-state index in [2.05, 4.69) is 25.2 Å². The van der Waals surface area contributed by atoms with E-state index in [1.54, 1.807) is 6.20 Å². The van der Waals surface area contributed by atoms with E-state index in [1.807, 2.05) is 12.1 Å². The van der Waals surface area contributed by atoms with Gasteiger partial charge in [-0.15, -0.1) is 0 Å². The Balaban J connectivity index is 1.81. The number of nitrogen functional groups attached to an aromatic ring is 1. The van der Waals surface area contributed by atoms with Crippen LogP contribution in [0.25, 0.3) is 11.0 Å². The molecule has 2 aliphatic rings. The van der Waals surface area contributed by atoms with Crippen molar-refractivity contribution in [3.8, 4) is 0 Å². The summed E-state index contributed by atoms with van der Waals surface area (Å²) in [5, 5.41) is 3.47. The molecule has 2 bridgehead atoms. The molecule has 2 aromatic heterocycles. The van der Waals surface area contributed by atoms with Gasteiger partial charge in [-0.05, 0) is 18.6 Å². The zero-order valence-corrected chi connectivity index (χ0v) is 9.87. The Kier molecular flexibility index (Phi) is 1.96. The number of piperazine rings is 1. The predicted molar refractivity (Wildman–Crippen MR) is 69.3 cm³/mol. The van der Waals surface area contributed by atoms with Crippen LogP contribution in [0.15, 0.2) is 18.3 Å². The zero-order chi connectivity index (χ0) is 12.1. The van der Waals surface area contributed by atoms with E-state index in [9.17, 15) is 0 Å². The van der Waals surface area contributed by atoms with Crippen molar-refractivity contribution in [2.75, 3.05) is 23.7 Å². The molecule has 2 fully saturated rings. The lowest BCUT2D eigenvalue weighted by Crippen LogP contribution is -2.44. The normalized spacial score (nSPS) is 26.1. The second-order valence-electron chi connectivity index (χ2n) is 4.93. The molecule has 0 aromatic carbocycles. The van der Waals surface area contributed by atoms with Crippen LogP contribution in [-0.2, 0) is 0 Å². The number of hydrogen-bond donors (Lipinski definition) is 2. The number of anilines is 2. The third kappa shape index (κ3) is 1.35. The molecule has 4 rings (SSSR count). The van der Waals surface area contributed by atoms with Gasteiger partial charge in [0.15, 0.2) is 5.82 Å². The summed E-state index contributed by atoms with van der Waals surface area (Å²) in [5.41, 5.74) is 7.47. The molecule has 3 N–H and O–H groups in total. The first-order valence-electron chi connectivity index (χ1n) is 6.19. The van der Waals surface area contributed by atoms with Gasteiger partial charge in [0.1, 0.15) is 5.52 Å². The molecule has 4 heterocycles. The third-order valence-corrected chi connectivity index (χ3v) is 3.78. The fourth-order valence-electron chi connectivity index (χ4n) is 2.91. The average Bonchev–Trinajstić information content (AvgIpc) is 3.01. The van der Waals surface area contributed by atoms with Gasteiger partial charge in [-0.1, -0.05) is 0 Å². The van der Waals surface area contributed by atoms with Gasteiger partial charge in [0, 0.05) is 31.4 Å². The van der Waals surface area contributed by atoms with Crippen LogP contribution in [0.2, 0.25) is 0 Å². The number of pyridine rings is 1. The fraction of sp³-hybridized carbons (Fsp3) is 0.417. The summed E-state index contributed by atoms with van der Waals surface area (Å²) >= 11 is 0. The summed E-state index contributed by atoms with van der Waals surface area (Å²) in [4.78, 5) is 15.5. The topological polar surface area (TPSA) is 80.0 Å². The maximum absolute atomic E-state index is 5.97. The number of aromatic nitrogens is 3. The first-order chi connectivity index (χ1) is 8.81. The van der Waals surface area contributed by atoms with Crippen LogP contribution in [-0.4, -0.2) is 40.1 Å². The van der Waals surface area contributed by atoms with E-state index in [0.717, 1.165) is 24.6 Å². The van der Waals surface area contributed by atoms with E-state index >= 15 is 0 Å². The minimum absolute atomic E-state index is 0.464. The monoisotopic (exact) mass is 242 g/mol. The molecule has 2 unspecified atom stereocenters. The van der Waals surface area contributed by atoms with E-state index in [4.69, 9.17) is 5.73 Å². The SMILES string of the molecule is Nc1nc(N2CC3CC2CN3)nc2cccnc12. The molecule has 2 atom stereocenters. The molecule has 0 radical (unpaired) electrons. The van der Waals surface area contributed by atoms with Gasteiger partial charge in [-0.2, -0.15) is 4.98 Å². The second kappa shape index (κ2) is 3.52. The number of hydrogen-bond acceptors (Lipinski definition) is 6. The Morgan fingerprint density at radius 3 is 3.11 bits per heavy atom. The first kappa shape index (κ1) is 10.0. The van der Waals surface area contributed by atoms with Crippen LogP contribution in [0.4, 0.5) is 11.8 Å². The quantitative estimate of drug-likeness (QED) is 0.741. The number of nitrogens with zero attached hydrogens (tertiary/aromatic N) is 4. The highest BCUT2D eigenvalue weighted by Crippen LogP contribution is 2.28. The lowest BCUT2D eigenvalue weighted by Gasteiger charge is -2.27. The fourth-order valence-corrected chi connectivity index (χ4v) is 2.91. The lowest BCUT2D eigenvalue weighted by molar-refractivity contribution is 0.572. The third-order valence-electron chi connectivity index (χ3n) is 3.78. The molecule has 2 saturated heterocycles. The Bertz CT molecular complexity index is 613. The van der Waals surface area contributed by atoms with Crippen molar-refractivity contribution in [1.29, 1.82) is 0 Å². The highest BCUT2D eigenvalue weighted by molar-refractivity contribution is 5.84. The van der Waals surface area contributed by atoms with Gasteiger partial charge in [0.25, 0.3) is 0 Å². The van der Waals surface area contributed by atoms with Crippen molar-refractivity contribution in [1.82, 2.24) is 20.3 Å². The van der Waals surface area contributed by atoms with Gasteiger partial charge in [0.05, 0.1) is 5.52 Å². The molecule has 0 aliphatic carbocycles. The maximum Gasteiger partial charge on any atom is 0.228 e. The summed E-state index contributed by atoms with van der Waals surface area (Å²) in [7, 11) is 0. The van der Waals surface area contributed by atoms with E-state index in [-0.39, 0.29) is 0 Å². The van der Waals surface area contributed by atoms with E-state index in [0.29, 0.717) is 23.4 Å².